The second-order valence-electron chi connectivity index (χ2n) is 3.64. The minimum absolute atomic E-state index is 0.0751. The van der Waals surface area contributed by atoms with Crippen molar-refractivity contribution in [1.82, 2.24) is 9.97 Å². The molecule has 0 aliphatic heterocycles. The van der Waals surface area contributed by atoms with Crippen LogP contribution >= 0.6 is 0 Å². The van der Waals surface area contributed by atoms with Gasteiger partial charge in [-0.1, -0.05) is 0 Å². The second kappa shape index (κ2) is 3.38. The Morgan fingerprint density at radius 2 is 2.15 bits per heavy atom. The number of nitrogens with one attached hydrogen (secondary N) is 2. The number of H-pyrrole nitrogens is 2. The number of aromatic nitrogens is 2. The Morgan fingerprint density at radius 1 is 1.38 bits per heavy atom. The smallest absolute Gasteiger partial charge is 0.323 e. The maximum Gasteiger partial charge on any atom is 0.323 e. The average molecular weight is 181 g/mol. The number of imidazole rings is 1. The van der Waals surface area contributed by atoms with Gasteiger partial charge in [-0.3, -0.25) is 0 Å². The summed E-state index contributed by atoms with van der Waals surface area (Å²) in [5, 5.41) is 0. The summed E-state index contributed by atoms with van der Waals surface area (Å²) in [7, 11) is 0. The Morgan fingerprint density at radius 3 is 2.77 bits per heavy atom. The minimum atomic E-state index is -0.0751. The van der Waals surface area contributed by atoms with Crippen LogP contribution in [-0.4, -0.2) is 16.5 Å². The Balaban J connectivity index is 2.16. The van der Waals surface area contributed by atoms with Crippen molar-refractivity contribution < 1.29 is 0 Å². The van der Waals surface area contributed by atoms with Gasteiger partial charge >= 0.3 is 5.69 Å². The predicted molar refractivity (Wildman–Crippen MR) is 50.8 cm³/mol. The Hall–Kier alpha value is -1.03. The van der Waals surface area contributed by atoms with Crippen LogP contribution in [0.5, 0.6) is 0 Å². The molecule has 1 aliphatic rings. The third-order valence-electron chi connectivity index (χ3n) is 2.45. The zero-order valence-electron chi connectivity index (χ0n) is 7.60. The monoisotopic (exact) mass is 181 g/mol. The van der Waals surface area contributed by atoms with Crippen molar-refractivity contribution >= 4 is 0 Å². The van der Waals surface area contributed by atoms with Crippen molar-refractivity contribution in [3.05, 3.63) is 21.9 Å². The normalized spacial score (nSPS) is 16.4. The van der Waals surface area contributed by atoms with E-state index in [0.717, 1.165) is 24.2 Å². The van der Waals surface area contributed by atoms with Crippen molar-refractivity contribution in [2.24, 2.45) is 5.73 Å². The van der Waals surface area contributed by atoms with Gasteiger partial charge < -0.3 is 15.7 Å². The number of hydrogen-bond donors (Lipinski definition) is 3. The first-order valence-electron chi connectivity index (χ1n) is 4.82. The maximum absolute atomic E-state index is 11.1. The Bertz CT molecular complexity index is 335. The molecule has 0 unspecified atom stereocenters. The summed E-state index contributed by atoms with van der Waals surface area (Å²) >= 11 is 0. The van der Waals surface area contributed by atoms with E-state index in [4.69, 9.17) is 5.73 Å². The Labute approximate surface area is 76.5 Å². The number of nitrogens with two attached hydrogens (primary N) is 1. The second-order valence-corrected chi connectivity index (χ2v) is 3.64. The van der Waals surface area contributed by atoms with Crippen LogP contribution in [0, 0.1) is 0 Å². The van der Waals surface area contributed by atoms with E-state index >= 15 is 0 Å². The van der Waals surface area contributed by atoms with Crippen LogP contribution in [0.1, 0.15) is 36.6 Å². The summed E-state index contributed by atoms with van der Waals surface area (Å²) in [6.45, 7) is 0.678. The molecule has 1 aromatic rings. The molecule has 1 heterocycles. The average Bonchev–Trinajstić information content (AvgIpc) is 2.88. The molecular weight excluding hydrogens is 166 g/mol. The first-order valence-corrected chi connectivity index (χ1v) is 4.82. The van der Waals surface area contributed by atoms with Crippen molar-refractivity contribution in [1.29, 1.82) is 0 Å². The van der Waals surface area contributed by atoms with Gasteiger partial charge in [0.05, 0.1) is 0 Å². The molecule has 0 radical (unpaired) electrons. The predicted octanol–water partition coefficient (Wildman–Crippen LogP) is 0.472. The first-order chi connectivity index (χ1) is 6.31. The molecule has 4 heteroatoms. The molecule has 1 aromatic heterocycles. The molecule has 0 aromatic carbocycles. The highest BCUT2D eigenvalue weighted by Gasteiger charge is 2.27. The van der Waals surface area contributed by atoms with Crippen LogP contribution < -0.4 is 11.4 Å². The number of aryl methyl sites for hydroxylation is 1. The van der Waals surface area contributed by atoms with Crippen LogP contribution in [0.15, 0.2) is 4.79 Å². The fourth-order valence-corrected chi connectivity index (χ4v) is 1.63. The topological polar surface area (TPSA) is 74.7 Å². The van der Waals surface area contributed by atoms with Crippen molar-refractivity contribution in [2.45, 2.75) is 31.6 Å². The van der Waals surface area contributed by atoms with Gasteiger partial charge in [0.1, 0.15) is 0 Å². The zero-order valence-corrected chi connectivity index (χ0v) is 7.60. The largest absolute Gasteiger partial charge is 0.330 e. The van der Waals surface area contributed by atoms with E-state index in [1.165, 1.54) is 12.8 Å². The minimum Gasteiger partial charge on any atom is -0.330 e. The summed E-state index contributed by atoms with van der Waals surface area (Å²) in [4.78, 5) is 16.8. The number of aromatic amines is 2. The summed E-state index contributed by atoms with van der Waals surface area (Å²) < 4.78 is 0. The molecule has 13 heavy (non-hydrogen) atoms. The van der Waals surface area contributed by atoms with Gasteiger partial charge in [-0.25, -0.2) is 4.79 Å². The van der Waals surface area contributed by atoms with E-state index in [9.17, 15) is 4.79 Å². The van der Waals surface area contributed by atoms with E-state index in [1.807, 2.05) is 0 Å². The van der Waals surface area contributed by atoms with E-state index in [1.54, 1.807) is 0 Å². The number of rotatable bonds is 4. The lowest BCUT2D eigenvalue weighted by Crippen LogP contribution is -2.03. The summed E-state index contributed by atoms with van der Waals surface area (Å²) in [6.07, 6.45) is 4.25. The molecule has 0 amide bonds. The molecule has 4 N–H and O–H groups in total. The van der Waals surface area contributed by atoms with Crippen molar-refractivity contribution in [3.63, 3.8) is 0 Å². The highest BCUT2D eigenvalue weighted by Crippen LogP contribution is 2.39. The van der Waals surface area contributed by atoms with Crippen molar-refractivity contribution in [3.8, 4) is 0 Å². The molecule has 1 fully saturated rings. The lowest BCUT2D eigenvalue weighted by atomic mass is 10.1. The van der Waals surface area contributed by atoms with Crippen LogP contribution in [0.25, 0.3) is 0 Å². The molecule has 0 bridgehead atoms. The van der Waals surface area contributed by atoms with Crippen molar-refractivity contribution in [2.75, 3.05) is 6.54 Å². The molecular formula is C9H15N3O. The van der Waals surface area contributed by atoms with Crippen LogP contribution in [0.3, 0.4) is 0 Å². The van der Waals surface area contributed by atoms with Gasteiger partial charge in [0.15, 0.2) is 0 Å². The van der Waals surface area contributed by atoms with Crippen LogP contribution in [0.2, 0.25) is 0 Å². The molecule has 1 aliphatic carbocycles. The fourth-order valence-electron chi connectivity index (χ4n) is 1.63. The van der Waals surface area contributed by atoms with Crippen LogP contribution in [-0.2, 0) is 6.42 Å². The standard InChI is InChI=1S/C9H15N3O/c10-5-1-2-7-8(6-3-4-6)12-9(13)11-7/h6H,1-5,10H2,(H2,11,12,13). The number of hydrogen-bond acceptors (Lipinski definition) is 2. The molecule has 1 saturated carbocycles. The van der Waals surface area contributed by atoms with Crippen LogP contribution in [0.4, 0.5) is 0 Å². The molecule has 4 nitrogen and oxygen atoms in total. The van der Waals surface area contributed by atoms with Gasteiger partial charge in [-0.05, 0) is 32.2 Å². The first kappa shape index (κ1) is 8.56. The van der Waals surface area contributed by atoms with Gasteiger partial charge in [-0.2, -0.15) is 0 Å². The van der Waals surface area contributed by atoms with E-state index in [2.05, 4.69) is 9.97 Å². The Kier molecular flexibility index (Phi) is 2.22. The van der Waals surface area contributed by atoms with E-state index in [-0.39, 0.29) is 5.69 Å². The molecule has 72 valence electrons. The highest BCUT2D eigenvalue weighted by atomic mass is 16.1. The molecule has 0 saturated heterocycles. The lowest BCUT2D eigenvalue weighted by Gasteiger charge is -1.99. The van der Waals surface area contributed by atoms with E-state index in [0.29, 0.717) is 12.5 Å². The summed E-state index contributed by atoms with van der Waals surface area (Å²) in [5.41, 5.74) is 7.54. The summed E-state index contributed by atoms with van der Waals surface area (Å²) in [5.74, 6) is 0.603. The lowest BCUT2D eigenvalue weighted by molar-refractivity contribution is 0.801. The quantitative estimate of drug-likeness (QED) is 0.631. The summed E-state index contributed by atoms with van der Waals surface area (Å²) in [6, 6.07) is 0. The fraction of sp³-hybridized carbons (Fsp3) is 0.667. The van der Waals surface area contributed by atoms with Gasteiger partial charge in [0.25, 0.3) is 0 Å². The molecule has 0 atom stereocenters. The SMILES string of the molecule is NCCCc1[nH]c(=O)[nH]c1C1CC1. The molecule has 0 spiro atoms. The molecule has 2 rings (SSSR count). The van der Waals surface area contributed by atoms with Gasteiger partial charge in [0.2, 0.25) is 0 Å². The third-order valence-corrected chi connectivity index (χ3v) is 2.45. The maximum atomic E-state index is 11.1. The van der Waals surface area contributed by atoms with Gasteiger partial charge in [-0.15, -0.1) is 0 Å². The third kappa shape index (κ3) is 1.83. The zero-order chi connectivity index (χ0) is 9.26. The van der Waals surface area contributed by atoms with E-state index < -0.39 is 0 Å². The van der Waals surface area contributed by atoms with Gasteiger partial charge in [0, 0.05) is 17.3 Å². The highest BCUT2D eigenvalue weighted by molar-refractivity contribution is 5.20.